The summed E-state index contributed by atoms with van der Waals surface area (Å²) in [5.74, 6) is -0.734. The second kappa shape index (κ2) is 6.00. The van der Waals surface area contributed by atoms with E-state index < -0.39 is 5.97 Å². The Kier molecular flexibility index (Phi) is 4.36. The maximum atomic E-state index is 12.1. The highest BCUT2D eigenvalue weighted by Crippen LogP contribution is 2.21. The van der Waals surface area contributed by atoms with Crippen LogP contribution in [0.4, 0.5) is 0 Å². The minimum absolute atomic E-state index is 0.0736. The third-order valence-electron chi connectivity index (χ3n) is 3.32. The van der Waals surface area contributed by atoms with Crippen molar-refractivity contribution in [2.75, 3.05) is 6.54 Å². The fourth-order valence-corrected chi connectivity index (χ4v) is 3.11. The molecule has 0 radical (unpaired) electrons. The van der Waals surface area contributed by atoms with Crippen molar-refractivity contribution in [3.8, 4) is 0 Å². The Labute approximate surface area is 110 Å². The molecule has 1 saturated heterocycles. The largest absolute Gasteiger partial charge is 0.481 e. The first-order chi connectivity index (χ1) is 8.66. The summed E-state index contributed by atoms with van der Waals surface area (Å²) >= 11 is 1.63. The molecule has 4 nitrogen and oxygen atoms in total. The number of carboxylic acid groups (broad SMARTS) is 1. The number of nitrogens with zero attached hydrogens (tertiary/aromatic N) is 1. The lowest BCUT2D eigenvalue weighted by Gasteiger charge is -2.23. The van der Waals surface area contributed by atoms with Crippen LogP contribution >= 0.6 is 11.3 Å². The van der Waals surface area contributed by atoms with Gasteiger partial charge in [0.05, 0.1) is 6.42 Å². The molecule has 1 aromatic rings. The summed E-state index contributed by atoms with van der Waals surface area (Å²) in [5.41, 5.74) is 1.18. The number of aryl methyl sites for hydroxylation is 1. The van der Waals surface area contributed by atoms with Crippen molar-refractivity contribution in [3.63, 3.8) is 0 Å². The Morgan fingerprint density at radius 3 is 3.00 bits per heavy atom. The van der Waals surface area contributed by atoms with Crippen molar-refractivity contribution in [2.24, 2.45) is 0 Å². The predicted octanol–water partition coefficient (Wildman–Crippen LogP) is 2.15. The molecule has 1 unspecified atom stereocenters. The Morgan fingerprint density at radius 2 is 2.33 bits per heavy atom. The summed E-state index contributed by atoms with van der Waals surface area (Å²) < 4.78 is 0. The molecule has 0 aliphatic carbocycles. The molecule has 18 heavy (non-hydrogen) atoms. The van der Waals surface area contributed by atoms with Gasteiger partial charge in [0.1, 0.15) is 0 Å². The molecule has 1 N–H and O–H groups in total. The van der Waals surface area contributed by atoms with Crippen LogP contribution in [0.25, 0.3) is 0 Å². The van der Waals surface area contributed by atoms with Gasteiger partial charge in [0.15, 0.2) is 0 Å². The average molecular weight is 267 g/mol. The zero-order valence-electron chi connectivity index (χ0n) is 10.2. The maximum absolute atomic E-state index is 12.1. The van der Waals surface area contributed by atoms with Crippen molar-refractivity contribution in [1.29, 1.82) is 0 Å². The number of amides is 1. The van der Waals surface area contributed by atoms with E-state index in [-0.39, 0.29) is 18.4 Å². The van der Waals surface area contributed by atoms with E-state index >= 15 is 0 Å². The monoisotopic (exact) mass is 267 g/mol. The molecule has 0 aromatic carbocycles. The van der Waals surface area contributed by atoms with Gasteiger partial charge in [-0.05, 0) is 41.7 Å². The molecule has 1 aliphatic heterocycles. The second-order valence-corrected chi connectivity index (χ2v) is 5.39. The number of carbonyl (C=O) groups is 2. The van der Waals surface area contributed by atoms with Crippen LogP contribution in [0, 0.1) is 0 Å². The van der Waals surface area contributed by atoms with Crippen LogP contribution in [-0.4, -0.2) is 34.5 Å². The highest BCUT2D eigenvalue weighted by atomic mass is 32.1. The molecule has 2 heterocycles. The fraction of sp³-hybridized carbons (Fsp3) is 0.538. The molecular weight excluding hydrogens is 250 g/mol. The van der Waals surface area contributed by atoms with E-state index in [4.69, 9.17) is 5.11 Å². The van der Waals surface area contributed by atoms with Crippen molar-refractivity contribution >= 4 is 23.2 Å². The molecule has 1 atom stereocenters. The quantitative estimate of drug-likeness (QED) is 0.889. The van der Waals surface area contributed by atoms with Gasteiger partial charge in [0.2, 0.25) is 5.91 Å². The van der Waals surface area contributed by atoms with Gasteiger partial charge in [0, 0.05) is 19.0 Å². The first kappa shape index (κ1) is 13.1. The molecule has 98 valence electrons. The average Bonchev–Trinajstić information content (AvgIpc) is 2.95. The van der Waals surface area contributed by atoms with Gasteiger partial charge in [-0.1, -0.05) is 0 Å². The zero-order valence-corrected chi connectivity index (χ0v) is 11.0. The molecule has 5 heteroatoms. The lowest BCUT2D eigenvalue weighted by Crippen LogP contribution is -2.36. The van der Waals surface area contributed by atoms with E-state index in [1.54, 1.807) is 16.2 Å². The third-order valence-corrected chi connectivity index (χ3v) is 4.05. The molecule has 0 saturated carbocycles. The van der Waals surface area contributed by atoms with Gasteiger partial charge in [-0.3, -0.25) is 9.59 Å². The molecule has 0 bridgehead atoms. The SMILES string of the molecule is O=C(O)CC1CCCN1C(=O)CCc1ccsc1. The lowest BCUT2D eigenvalue weighted by atomic mass is 10.1. The van der Waals surface area contributed by atoms with Crippen LogP contribution in [-0.2, 0) is 16.0 Å². The van der Waals surface area contributed by atoms with Gasteiger partial charge in [-0.15, -0.1) is 0 Å². The summed E-state index contributed by atoms with van der Waals surface area (Å²) in [6, 6.07) is 1.92. The van der Waals surface area contributed by atoms with Crippen LogP contribution < -0.4 is 0 Å². The van der Waals surface area contributed by atoms with Crippen LogP contribution in [0.15, 0.2) is 16.8 Å². The number of hydrogen-bond donors (Lipinski definition) is 1. The van der Waals surface area contributed by atoms with E-state index in [0.29, 0.717) is 13.0 Å². The minimum Gasteiger partial charge on any atom is -0.481 e. The van der Waals surface area contributed by atoms with Crippen molar-refractivity contribution in [1.82, 2.24) is 4.90 Å². The van der Waals surface area contributed by atoms with E-state index in [1.165, 1.54) is 5.56 Å². The second-order valence-electron chi connectivity index (χ2n) is 4.61. The first-order valence-electron chi connectivity index (χ1n) is 6.19. The van der Waals surface area contributed by atoms with Crippen LogP contribution in [0.1, 0.15) is 31.2 Å². The van der Waals surface area contributed by atoms with Gasteiger partial charge < -0.3 is 10.0 Å². The highest BCUT2D eigenvalue weighted by Gasteiger charge is 2.29. The van der Waals surface area contributed by atoms with Crippen LogP contribution in [0.2, 0.25) is 0 Å². The Morgan fingerprint density at radius 1 is 1.50 bits per heavy atom. The van der Waals surface area contributed by atoms with Gasteiger partial charge >= 0.3 is 5.97 Å². The first-order valence-corrected chi connectivity index (χ1v) is 7.13. The number of rotatable bonds is 5. The van der Waals surface area contributed by atoms with Gasteiger partial charge in [-0.25, -0.2) is 0 Å². The van der Waals surface area contributed by atoms with Crippen molar-refractivity contribution in [2.45, 2.75) is 38.1 Å². The van der Waals surface area contributed by atoms with Gasteiger partial charge in [-0.2, -0.15) is 11.3 Å². The van der Waals surface area contributed by atoms with Crippen molar-refractivity contribution < 1.29 is 14.7 Å². The normalized spacial score (nSPS) is 19.1. The summed E-state index contributed by atoms with van der Waals surface area (Å²) in [4.78, 5) is 24.6. The maximum Gasteiger partial charge on any atom is 0.305 e. The smallest absolute Gasteiger partial charge is 0.305 e. The molecule has 1 fully saturated rings. The number of carbonyl (C=O) groups excluding carboxylic acids is 1. The third kappa shape index (κ3) is 3.32. The van der Waals surface area contributed by atoms with Crippen molar-refractivity contribution in [3.05, 3.63) is 22.4 Å². The fourth-order valence-electron chi connectivity index (χ4n) is 2.41. The zero-order chi connectivity index (χ0) is 13.0. The molecule has 1 amide bonds. The lowest BCUT2D eigenvalue weighted by molar-refractivity contribution is -0.139. The van der Waals surface area contributed by atoms with E-state index in [2.05, 4.69) is 0 Å². The predicted molar refractivity (Wildman–Crippen MR) is 69.6 cm³/mol. The number of aliphatic carboxylic acids is 1. The Bertz CT molecular complexity index is 416. The van der Waals surface area contributed by atoms with Crippen LogP contribution in [0.5, 0.6) is 0 Å². The van der Waals surface area contributed by atoms with Crippen LogP contribution in [0.3, 0.4) is 0 Å². The molecule has 2 rings (SSSR count). The number of carboxylic acids is 1. The molecular formula is C13H17NO3S. The van der Waals surface area contributed by atoms with E-state index in [1.807, 2.05) is 16.8 Å². The Balaban J connectivity index is 1.85. The van der Waals surface area contributed by atoms with E-state index in [9.17, 15) is 9.59 Å². The minimum atomic E-state index is -0.822. The summed E-state index contributed by atoms with van der Waals surface area (Å²) in [6.07, 6.45) is 3.04. The number of hydrogen-bond acceptors (Lipinski definition) is 3. The summed E-state index contributed by atoms with van der Waals surface area (Å²) in [7, 11) is 0. The number of likely N-dealkylation sites (tertiary alicyclic amines) is 1. The topological polar surface area (TPSA) is 57.6 Å². The highest BCUT2D eigenvalue weighted by molar-refractivity contribution is 7.07. The van der Waals surface area contributed by atoms with Gasteiger partial charge in [0.25, 0.3) is 0 Å². The molecule has 1 aliphatic rings. The summed E-state index contributed by atoms with van der Waals surface area (Å²) in [5, 5.41) is 12.9. The number of thiophene rings is 1. The Hall–Kier alpha value is -1.36. The molecule has 0 spiro atoms. The molecule has 1 aromatic heterocycles. The van der Waals surface area contributed by atoms with E-state index in [0.717, 1.165) is 19.3 Å². The summed E-state index contributed by atoms with van der Waals surface area (Å²) in [6.45, 7) is 0.709. The standard InChI is InChI=1S/C13H17NO3S/c15-12(4-3-10-5-7-18-9-10)14-6-1-2-11(14)8-13(16)17/h5,7,9,11H,1-4,6,8H2,(H,16,17).